The van der Waals surface area contributed by atoms with Crippen LogP contribution in [0.1, 0.15) is 58.3 Å². The Morgan fingerprint density at radius 2 is 1.92 bits per heavy atom. The summed E-state index contributed by atoms with van der Waals surface area (Å²) in [5, 5.41) is 0. The molecule has 1 unspecified atom stereocenters. The zero-order valence-electron chi connectivity index (χ0n) is 16.1. The lowest BCUT2D eigenvalue weighted by molar-refractivity contribution is -0.138. The van der Waals surface area contributed by atoms with Gasteiger partial charge in [-0.3, -0.25) is 4.79 Å². The molecule has 2 heterocycles. The second-order valence-corrected chi connectivity index (χ2v) is 7.43. The third-order valence-corrected chi connectivity index (χ3v) is 5.36. The molecule has 1 amide bonds. The lowest BCUT2D eigenvalue weighted by Gasteiger charge is -2.37. The van der Waals surface area contributed by atoms with Crippen molar-refractivity contribution in [2.75, 3.05) is 13.1 Å². The summed E-state index contributed by atoms with van der Waals surface area (Å²) in [6.45, 7) is 7.64. The highest BCUT2D eigenvalue weighted by molar-refractivity contribution is 5.86. The third kappa shape index (κ3) is 3.89. The van der Waals surface area contributed by atoms with Crippen molar-refractivity contribution in [1.29, 1.82) is 0 Å². The van der Waals surface area contributed by atoms with Crippen LogP contribution < -0.4 is 5.73 Å². The van der Waals surface area contributed by atoms with Gasteiger partial charge in [0, 0.05) is 25.6 Å². The minimum atomic E-state index is -0.738. The van der Waals surface area contributed by atoms with E-state index < -0.39 is 5.54 Å². The number of hydrogen-bond acceptors (Lipinski definition) is 3. The van der Waals surface area contributed by atoms with Crippen LogP contribution in [0.25, 0.3) is 11.0 Å². The molecule has 2 aromatic rings. The molecule has 3 rings (SSSR count). The summed E-state index contributed by atoms with van der Waals surface area (Å²) >= 11 is 0. The molecular formula is C20H31ClN4O. The van der Waals surface area contributed by atoms with E-state index in [4.69, 9.17) is 10.7 Å². The van der Waals surface area contributed by atoms with E-state index in [1.807, 2.05) is 17.9 Å². The highest BCUT2D eigenvalue weighted by Gasteiger charge is 2.34. The SMILES string of the molecule is CCCC(C)(N)C(=O)N1CCC(n2c(CC)nc3ccccc32)CC1.Cl. The van der Waals surface area contributed by atoms with Crippen molar-refractivity contribution in [2.45, 2.75) is 64.5 Å². The van der Waals surface area contributed by atoms with Crippen molar-refractivity contribution < 1.29 is 4.79 Å². The molecule has 5 nitrogen and oxygen atoms in total. The van der Waals surface area contributed by atoms with Crippen molar-refractivity contribution in [3.05, 3.63) is 30.1 Å². The number of hydrogen-bond donors (Lipinski definition) is 1. The summed E-state index contributed by atoms with van der Waals surface area (Å²) in [5.41, 5.74) is 7.78. The van der Waals surface area contributed by atoms with Crippen molar-refractivity contribution in [3.63, 3.8) is 0 Å². The van der Waals surface area contributed by atoms with Crippen LogP contribution in [-0.4, -0.2) is 39.0 Å². The molecule has 1 atom stereocenters. The molecule has 1 aromatic heterocycles. The van der Waals surface area contributed by atoms with Gasteiger partial charge in [-0.05, 0) is 38.3 Å². The van der Waals surface area contributed by atoms with E-state index in [2.05, 4.69) is 36.6 Å². The highest BCUT2D eigenvalue weighted by Crippen LogP contribution is 2.30. The number of amides is 1. The molecule has 0 radical (unpaired) electrons. The Morgan fingerprint density at radius 1 is 1.27 bits per heavy atom. The number of nitrogens with two attached hydrogens (primary N) is 1. The monoisotopic (exact) mass is 378 g/mol. The van der Waals surface area contributed by atoms with Gasteiger partial charge in [0.05, 0.1) is 16.6 Å². The lowest BCUT2D eigenvalue weighted by atomic mass is 9.94. The maximum absolute atomic E-state index is 12.7. The summed E-state index contributed by atoms with van der Waals surface area (Å²) in [7, 11) is 0. The smallest absolute Gasteiger partial charge is 0.242 e. The summed E-state index contributed by atoms with van der Waals surface area (Å²) < 4.78 is 2.39. The fraction of sp³-hybridized carbons (Fsp3) is 0.600. The van der Waals surface area contributed by atoms with Crippen LogP contribution in [0.15, 0.2) is 24.3 Å². The maximum atomic E-state index is 12.7. The number of fused-ring (bicyclic) bond motifs is 1. The molecule has 1 saturated heterocycles. The molecule has 26 heavy (non-hydrogen) atoms. The van der Waals surface area contributed by atoms with Crippen molar-refractivity contribution >= 4 is 29.3 Å². The number of para-hydroxylation sites is 2. The van der Waals surface area contributed by atoms with Gasteiger partial charge in [0.1, 0.15) is 5.82 Å². The molecule has 2 N–H and O–H groups in total. The van der Waals surface area contributed by atoms with E-state index in [9.17, 15) is 4.79 Å². The quantitative estimate of drug-likeness (QED) is 0.862. The zero-order chi connectivity index (χ0) is 18.0. The van der Waals surface area contributed by atoms with Gasteiger partial charge < -0.3 is 15.2 Å². The van der Waals surface area contributed by atoms with Gasteiger partial charge >= 0.3 is 0 Å². The van der Waals surface area contributed by atoms with Gasteiger partial charge in [-0.15, -0.1) is 12.4 Å². The molecule has 1 aromatic carbocycles. The first-order valence-electron chi connectivity index (χ1n) is 9.52. The van der Waals surface area contributed by atoms with Crippen LogP contribution in [0.4, 0.5) is 0 Å². The summed E-state index contributed by atoms with van der Waals surface area (Å²) in [6.07, 6.45) is 4.50. The Morgan fingerprint density at radius 3 is 2.54 bits per heavy atom. The van der Waals surface area contributed by atoms with Gasteiger partial charge in [-0.2, -0.15) is 0 Å². The van der Waals surface area contributed by atoms with E-state index in [0.717, 1.165) is 56.5 Å². The van der Waals surface area contributed by atoms with Gasteiger partial charge in [0.25, 0.3) is 0 Å². The summed E-state index contributed by atoms with van der Waals surface area (Å²) in [6, 6.07) is 8.74. The second-order valence-electron chi connectivity index (χ2n) is 7.43. The summed E-state index contributed by atoms with van der Waals surface area (Å²) in [4.78, 5) is 19.5. The predicted octanol–water partition coefficient (Wildman–Crippen LogP) is 3.70. The van der Waals surface area contributed by atoms with Crippen molar-refractivity contribution in [3.8, 4) is 0 Å². The first-order chi connectivity index (χ1) is 12.0. The number of imidazole rings is 1. The molecular weight excluding hydrogens is 348 g/mol. The molecule has 0 saturated carbocycles. The number of likely N-dealkylation sites (tertiary alicyclic amines) is 1. The largest absolute Gasteiger partial charge is 0.341 e. The van der Waals surface area contributed by atoms with Crippen LogP contribution in [0.2, 0.25) is 0 Å². The first-order valence-corrected chi connectivity index (χ1v) is 9.52. The number of benzene rings is 1. The molecule has 0 bridgehead atoms. The number of piperidine rings is 1. The van der Waals surface area contributed by atoms with E-state index in [1.165, 1.54) is 5.52 Å². The Hall–Kier alpha value is -1.59. The van der Waals surface area contributed by atoms with E-state index in [-0.39, 0.29) is 18.3 Å². The number of aromatic nitrogens is 2. The standard InChI is InChI=1S/C20H30N4O.ClH/c1-4-12-20(3,21)19(25)23-13-10-15(11-14-23)24-17-9-7-6-8-16(17)22-18(24)5-2;/h6-9,15H,4-5,10-14,21H2,1-3H3;1H. The Balaban J connectivity index is 0.00000243. The van der Waals surface area contributed by atoms with Crippen LogP contribution in [0.3, 0.4) is 0 Å². The first kappa shape index (κ1) is 20.7. The fourth-order valence-corrected chi connectivity index (χ4v) is 4.07. The lowest BCUT2D eigenvalue weighted by Crippen LogP contribution is -2.55. The number of carbonyl (C=O) groups is 1. The van der Waals surface area contributed by atoms with Gasteiger partial charge in [-0.1, -0.05) is 32.4 Å². The Kier molecular flexibility index (Phi) is 6.69. The molecule has 1 aliphatic rings. The Bertz CT molecular complexity index is 747. The maximum Gasteiger partial charge on any atom is 0.242 e. The minimum Gasteiger partial charge on any atom is -0.341 e. The van der Waals surface area contributed by atoms with Gasteiger partial charge in [-0.25, -0.2) is 4.98 Å². The van der Waals surface area contributed by atoms with Crippen LogP contribution in [0, 0.1) is 0 Å². The second kappa shape index (κ2) is 8.40. The number of carbonyl (C=O) groups excluding carboxylic acids is 1. The highest BCUT2D eigenvalue weighted by atomic mass is 35.5. The predicted molar refractivity (Wildman–Crippen MR) is 109 cm³/mol. The number of aryl methyl sites for hydroxylation is 1. The fourth-order valence-electron chi connectivity index (χ4n) is 4.07. The molecule has 1 aliphatic heterocycles. The molecule has 1 fully saturated rings. The minimum absolute atomic E-state index is 0. The van der Waals surface area contributed by atoms with Crippen LogP contribution in [0.5, 0.6) is 0 Å². The van der Waals surface area contributed by atoms with E-state index in [0.29, 0.717) is 6.04 Å². The van der Waals surface area contributed by atoms with Gasteiger partial charge in [0.2, 0.25) is 5.91 Å². The van der Waals surface area contributed by atoms with Crippen molar-refractivity contribution in [2.24, 2.45) is 5.73 Å². The zero-order valence-corrected chi connectivity index (χ0v) is 16.9. The van der Waals surface area contributed by atoms with Crippen LogP contribution in [-0.2, 0) is 11.2 Å². The number of rotatable bonds is 5. The topological polar surface area (TPSA) is 64.2 Å². The molecule has 6 heteroatoms. The van der Waals surface area contributed by atoms with Gasteiger partial charge in [0.15, 0.2) is 0 Å². The average Bonchev–Trinajstić information content (AvgIpc) is 2.99. The average molecular weight is 379 g/mol. The van der Waals surface area contributed by atoms with E-state index >= 15 is 0 Å². The number of halogens is 1. The van der Waals surface area contributed by atoms with E-state index in [1.54, 1.807) is 0 Å². The molecule has 0 aliphatic carbocycles. The number of nitrogens with zero attached hydrogens (tertiary/aromatic N) is 3. The van der Waals surface area contributed by atoms with Crippen molar-refractivity contribution in [1.82, 2.24) is 14.5 Å². The Labute approximate surface area is 162 Å². The molecule has 144 valence electrons. The molecule has 0 spiro atoms. The summed E-state index contributed by atoms with van der Waals surface area (Å²) in [5.74, 6) is 1.24. The normalized spacial score (nSPS) is 17.8. The third-order valence-electron chi connectivity index (χ3n) is 5.36. The van der Waals surface area contributed by atoms with Crippen LogP contribution >= 0.6 is 12.4 Å².